The van der Waals surface area contributed by atoms with Crippen molar-refractivity contribution in [2.75, 3.05) is 19.6 Å². The second-order valence-corrected chi connectivity index (χ2v) is 5.76. The first-order chi connectivity index (χ1) is 9.33. The first-order valence-corrected chi connectivity index (χ1v) is 7.43. The molecule has 0 saturated carbocycles. The third-order valence-electron chi connectivity index (χ3n) is 4.31. The number of rotatable bonds is 3. The zero-order valence-corrected chi connectivity index (χ0v) is 11.4. The first-order valence-electron chi connectivity index (χ1n) is 7.43. The van der Waals surface area contributed by atoms with Gasteiger partial charge >= 0.3 is 0 Å². The molecule has 1 atom stereocenters. The topological polar surface area (TPSA) is 41.1 Å². The van der Waals surface area contributed by atoms with E-state index in [2.05, 4.69) is 22.8 Å². The summed E-state index contributed by atoms with van der Waals surface area (Å²) in [5.74, 6) is 0.674. The van der Waals surface area contributed by atoms with Crippen molar-refractivity contribution in [3.63, 3.8) is 0 Å². The van der Waals surface area contributed by atoms with Crippen LogP contribution >= 0.6 is 0 Å². The molecule has 0 spiro atoms. The van der Waals surface area contributed by atoms with Crippen molar-refractivity contribution in [3.05, 3.63) is 34.9 Å². The molecule has 3 rings (SSSR count). The minimum Gasteiger partial charge on any atom is -0.352 e. The molecule has 1 amide bonds. The Hall–Kier alpha value is -1.35. The van der Waals surface area contributed by atoms with E-state index in [1.165, 1.54) is 36.8 Å². The normalized spacial score (nSPS) is 22.0. The Morgan fingerprint density at radius 3 is 3.00 bits per heavy atom. The van der Waals surface area contributed by atoms with E-state index in [0.29, 0.717) is 5.92 Å². The molecule has 0 radical (unpaired) electrons. The first kappa shape index (κ1) is 12.7. The monoisotopic (exact) mass is 258 g/mol. The Morgan fingerprint density at radius 1 is 1.26 bits per heavy atom. The van der Waals surface area contributed by atoms with Crippen LogP contribution in [0.15, 0.2) is 18.2 Å². The van der Waals surface area contributed by atoms with Crippen LogP contribution in [0.25, 0.3) is 0 Å². The lowest BCUT2D eigenvalue weighted by Gasteiger charge is -2.22. The number of benzene rings is 1. The summed E-state index contributed by atoms with van der Waals surface area (Å²) in [6, 6.07) is 6.18. The third kappa shape index (κ3) is 2.98. The van der Waals surface area contributed by atoms with Gasteiger partial charge in [-0.2, -0.15) is 0 Å². The van der Waals surface area contributed by atoms with Gasteiger partial charge in [0.25, 0.3) is 5.91 Å². The lowest BCUT2D eigenvalue weighted by Crippen LogP contribution is -2.38. The number of aryl methyl sites for hydroxylation is 2. The standard InChI is InChI=1S/C16H22N2O/c19-16(18-11-12-3-2-8-17-10-12)15-7-6-13-4-1-5-14(13)9-15/h6-7,9,12,17H,1-5,8,10-11H2,(H,18,19). The van der Waals surface area contributed by atoms with E-state index < -0.39 is 0 Å². The summed E-state index contributed by atoms with van der Waals surface area (Å²) in [6.07, 6.45) is 5.97. The minimum absolute atomic E-state index is 0.0836. The van der Waals surface area contributed by atoms with E-state index in [1.54, 1.807) is 0 Å². The minimum atomic E-state index is 0.0836. The van der Waals surface area contributed by atoms with Gasteiger partial charge in [-0.25, -0.2) is 0 Å². The number of carbonyl (C=O) groups excluding carboxylic acids is 1. The number of amides is 1. The fraction of sp³-hybridized carbons (Fsp3) is 0.562. The second kappa shape index (κ2) is 5.74. The fourth-order valence-electron chi connectivity index (χ4n) is 3.15. The Morgan fingerprint density at radius 2 is 2.16 bits per heavy atom. The van der Waals surface area contributed by atoms with Gasteiger partial charge in [0, 0.05) is 12.1 Å². The summed E-state index contributed by atoms with van der Waals surface area (Å²) < 4.78 is 0. The highest BCUT2D eigenvalue weighted by molar-refractivity contribution is 5.94. The summed E-state index contributed by atoms with van der Waals surface area (Å²) in [7, 11) is 0. The van der Waals surface area contributed by atoms with E-state index in [-0.39, 0.29) is 5.91 Å². The van der Waals surface area contributed by atoms with Crippen molar-refractivity contribution in [3.8, 4) is 0 Å². The van der Waals surface area contributed by atoms with Crippen LogP contribution in [0.2, 0.25) is 0 Å². The molecular weight excluding hydrogens is 236 g/mol. The highest BCUT2D eigenvalue weighted by atomic mass is 16.1. The van der Waals surface area contributed by atoms with Crippen LogP contribution in [-0.4, -0.2) is 25.5 Å². The van der Waals surface area contributed by atoms with Gasteiger partial charge in [-0.15, -0.1) is 0 Å². The predicted octanol–water partition coefficient (Wildman–Crippen LogP) is 1.90. The molecule has 1 heterocycles. The smallest absolute Gasteiger partial charge is 0.251 e. The van der Waals surface area contributed by atoms with Crippen LogP contribution < -0.4 is 10.6 Å². The van der Waals surface area contributed by atoms with Crippen LogP contribution in [-0.2, 0) is 12.8 Å². The predicted molar refractivity (Wildman–Crippen MR) is 76.4 cm³/mol. The fourth-order valence-corrected chi connectivity index (χ4v) is 3.15. The van der Waals surface area contributed by atoms with Crippen molar-refractivity contribution in [1.29, 1.82) is 0 Å². The molecule has 0 aromatic heterocycles. The average Bonchev–Trinajstić information content (AvgIpc) is 2.93. The molecule has 0 bridgehead atoms. The van der Waals surface area contributed by atoms with E-state index in [1.807, 2.05) is 6.07 Å². The molecule has 2 N–H and O–H groups in total. The maximum absolute atomic E-state index is 12.2. The number of carbonyl (C=O) groups is 1. The van der Waals surface area contributed by atoms with Gasteiger partial charge in [0.15, 0.2) is 0 Å². The number of fused-ring (bicyclic) bond motifs is 1. The van der Waals surface area contributed by atoms with Gasteiger partial charge in [-0.3, -0.25) is 4.79 Å². The van der Waals surface area contributed by atoms with Crippen molar-refractivity contribution in [1.82, 2.24) is 10.6 Å². The summed E-state index contributed by atoms with van der Waals surface area (Å²) >= 11 is 0. The van der Waals surface area contributed by atoms with Gasteiger partial charge in [0.05, 0.1) is 0 Å². The lowest BCUT2D eigenvalue weighted by atomic mass is 9.99. The van der Waals surface area contributed by atoms with Gasteiger partial charge < -0.3 is 10.6 Å². The van der Waals surface area contributed by atoms with Crippen molar-refractivity contribution < 1.29 is 4.79 Å². The molecule has 1 saturated heterocycles. The molecule has 1 fully saturated rings. The van der Waals surface area contributed by atoms with Crippen LogP contribution in [0.3, 0.4) is 0 Å². The average molecular weight is 258 g/mol. The maximum Gasteiger partial charge on any atom is 0.251 e. The zero-order valence-electron chi connectivity index (χ0n) is 11.4. The molecule has 19 heavy (non-hydrogen) atoms. The zero-order chi connectivity index (χ0) is 13.1. The largest absolute Gasteiger partial charge is 0.352 e. The molecule has 1 aliphatic heterocycles. The third-order valence-corrected chi connectivity index (χ3v) is 4.31. The quantitative estimate of drug-likeness (QED) is 0.869. The van der Waals surface area contributed by atoms with Crippen molar-refractivity contribution in [2.24, 2.45) is 5.92 Å². The number of nitrogens with one attached hydrogen (secondary N) is 2. The van der Waals surface area contributed by atoms with E-state index >= 15 is 0 Å². The summed E-state index contributed by atoms with van der Waals surface area (Å²) in [5.41, 5.74) is 3.62. The molecule has 102 valence electrons. The highest BCUT2D eigenvalue weighted by Gasteiger charge is 2.16. The van der Waals surface area contributed by atoms with E-state index in [9.17, 15) is 4.79 Å². The van der Waals surface area contributed by atoms with Gasteiger partial charge in [0.1, 0.15) is 0 Å². The molecule has 1 aromatic rings. The Kier molecular flexibility index (Phi) is 3.83. The second-order valence-electron chi connectivity index (χ2n) is 5.76. The SMILES string of the molecule is O=C(NCC1CCCNC1)c1ccc2c(c1)CCC2. The van der Waals surface area contributed by atoms with Gasteiger partial charge in [-0.05, 0) is 74.4 Å². The molecular formula is C16H22N2O. The summed E-state index contributed by atoms with van der Waals surface area (Å²) in [5, 5.41) is 6.46. The van der Waals surface area contributed by atoms with Crippen LogP contribution in [0, 0.1) is 5.92 Å². The molecule has 1 aliphatic carbocycles. The molecule has 3 heteroatoms. The Labute approximate surface area is 114 Å². The Balaban J connectivity index is 1.57. The van der Waals surface area contributed by atoms with Gasteiger partial charge in [0.2, 0.25) is 0 Å². The summed E-state index contributed by atoms with van der Waals surface area (Å²) in [4.78, 5) is 12.2. The van der Waals surface area contributed by atoms with Crippen molar-refractivity contribution >= 4 is 5.91 Å². The molecule has 3 nitrogen and oxygen atoms in total. The molecule has 1 unspecified atom stereocenters. The van der Waals surface area contributed by atoms with E-state index in [0.717, 1.165) is 31.6 Å². The maximum atomic E-state index is 12.2. The molecule has 2 aliphatic rings. The molecule has 1 aromatic carbocycles. The number of hydrogen-bond acceptors (Lipinski definition) is 2. The Bertz CT molecular complexity index is 464. The van der Waals surface area contributed by atoms with Gasteiger partial charge in [-0.1, -0.05) is 6.07 Å². The highest BCUT2D eigenvalue weighted by Crippen LogP contribution is 2.22. The van der Waals surface area contributed by atoms with Crippen LogP contribution in [0.5, 0.6) is 0 Å². The van der Waals surface area contributed by atoms with Crippen LogP contribution in [0.4, 0.5) is 0 Å². The number of hydrogen-bond donors (Lipinski definition) is 2. The summed E-state index contributed by atoms with van der Waals surface area (Å²) in [6.45, 7) is 2.95. The van der Waals surface area contributed by atoms with Crippen molar-refractivity contribution in [2.45, 2.75) is 32.1 Å². The van der Waals surface area contributed by atoms with E-state index in [4.69, 9.17) is 0 Å². The van der Waals surface area contributed by atoms with Crippen LogP contribution in [0.1, 0.15) is 40.7 Å². The number of piperidine rings is 1. The lowest BCUT2D eigenvalue weighted by molar-refractivity contribution is 0.0944.